The molecule has 1 aliphatic rings. The van der Waals surface area contributed by atoms with E-state index in [1.165, 1.54) is 19.3 Å². The first-order valence-electron chi connectivity index (χ1n) is 6.79. The Morgan fingerprint density at radius 1 is 1.47 bits per heavy atom. The van der Waals surface area contributed by atoms with E-state index in [2.05, 4.69) is 41.8 Å². The van der Waals surface area contributed by atoms with E-state index >= 15 is 0 Å². The van der Waals surface area contributed by atoms with Gasteiger partial charge in [-0.15, -0.1) is 0 Å². The molecule has 0 unspecified atom stereocenters. The van der Waals surface area contributed by atoms with Gasteiger partial charge in [-0.25, -0.2) is 4.98 Å². The lowest BCUT2D eigenvalue weighted by Gasteiger charge is -2.38. The Morgan fingerprint density at radius 3 is 2.82 bits per heavy atom. The summed E-state index contributed by atoms with van der Waals surface area (Å²) in [6.07, 6.45) is 8.30. The van der Waals surface area contributed by atoms with Gasteiger partial charge < -0.3 is 9.88 Å². The van der Waals surface area contributed by atoms with Crippen LogP contribution in [-0.4, -0.2) is 16.1 Å². The van der Waals surface area contributed by atoms with E-state index in [9.17, 15) is 0 Å². The molecule has 0 saturated heterocycles. The minimum absolute atomic E-state index is 0.531. The quantitative estimate of drug-likeness (QED) is 0.821. The van der Waals surface area contributed by atoms with E-state index < -0.39 is 0 Å². The van der Waals surface area contributed by atoms with Crippen LogP contribution in [0, 0.1) is 11.3 Å². The zero-order valence-electron chi connectivity index (χ0n) is 11.4. The highest BCUT2D eigenvalue weighted by Gasteiger charge is 2.31. The van der Waals surface area contributed by atoms with Gasteiger partial charge in [-0.2, -0.15) is 0 Å². The first kappa shape index (κ1) is 12.6. The Balaban J connectivity index is 1.79. The maximum Gasteiger partial charge on any atom is 0.0950 e. The highest BCUT2D eigenvalue weighted by molar-refractivity contribution is 4.98. The van der Waals surface area contributed by atoms with Gasteiger partial charge in [-0.1, -0.05) is 27.2 Å². The van der Waals surface area contributed by atoms with Crippen LogP contribution >= 0.6 is 0 Å². The van der Waals surface area contributed by atoms with E-state index in [1.54, 1.807) is 0 Å². The molecule has 2 rings (SSSR count). The fourth-order valence-corrected chi connectivity index (χ4v) is 2.45. The van der Waals surface area contributed by atoms with Gasteiger partial charge >= 0.3 is 0 Å². The Bertz CT molecular complexity index is 350. The third kappa shape index (κ3) is 3.56. The van der Waals surface area contributed by atoms with Crippen LogP contribution in [0.15, 0.2) is 12.5 Å². The molecule has 1 heterocycles. The molecule has 1 fully saturated rings. The lowest BCUT2D eigenvalue weighted by Crippen LogP contribution is -2.30. The fourth-order valence-electron chi connectivity index (χ4n) is 2.45. The van der Waals surface area contributed by atoms with E-state index in [-0.39, 0.29) is 0 Å². The molecule has 1 aromatic rings. The van der Waals surface area contributed by atoms with Crippen LogP contribution in [0.3, 0.4) is 0 Å². The second kappa shape index (κ2) is 5.21. The molecule has 1 aliphatic carbocycles. The summed E-state index contributed by atoms with van der Waals surface area (Å²) in [7, 11) is 0. The van der Waals surface area contributed by atoms with Gasteiger partial charge in [0.25, 0.3) is 0 Å². The van der Waals surface area contributed by atoms with Crippen molar-refractivity contribution in [1.29, 1.82) is 0 Å². The molecule has 0 atom stereocenters. The second-order valence-electron chi connectivity index (χ2n) is 6.23. The van der Waals surface area contributed by atoms with Crippen LogP contribution < -0.4 is 5.32 Å². The SMILES string of the molecule is CC(C)CNCc1cn(CC2(C)CCC2)cn1. The summed E-state index contributed by atoms with van der Waals surface area (Å²) in [4.78, 5) is 4.46. The number of nitrogens with one attached hydrogen (secondary N) is 1. The molecular weight excluding hydrogens is 210 g/mol. The summed E-state index contributed by atoms with van der Waals surface area (Å²) in [5, 5.41) is 3.43. The van der Waals surface area contributed by atoms with Gasteiger partial charge in [0.05, 0.1) is 12.0 Å². The van der Waals surface area contributed by atoms with Gasteiger partial charge in [0, 0.05) is 19.3 Å². The molecule has 0 aliphatic heterocycles. The molecule has 96 valence electrons. The number of rotatable bonds is 6. The molecule has 3 nitrogen and oxygen atoms in total. The molecule has 0 amide bonds. The smallest absolute Gasteiger partial charge is 0.0950 e. The molecule has 1 N–H and O–H groups in total. The van der Waals surface area contributed by atoms with Crippen LogP contribution in [0.4, 0.5) is 0 Å². The maximum absolute atomic E-state index is 4.46. The second-order valence-corrected chi connectivity index (χ2v) is 6.23. The van der Waals surface area contributed by atoms with Crippen molar-refractivity contribution in [2.75, 3.05) is 6.54 Å². The van der Waals surface area contributed by atoms with Crippen LogP contribution in [0.25, 0.3) is 0 Å². The highest BCUT2D eigenvalue weighted by Crippen LogP contribution is 2.41. The van der Waals surface area contributed by atoms with Gasteiger partial charge in [-0.05, 0) is 30.7 Å². The average Bonchev–Trinajstić information content (AvgIpc) is 2.63. The number of imidazole rings is 1. The molecule has 1 aromatic heterocycles. The lowest BCUT2D eigenvalue weighted by atomic mass is 9.70. The minimum Gasteiger partial charge on any atom is -0.337 e. The topological polar surface area (TPSA) is 29.9 Å². The summed E-state index contributed by atoms with van der Waals surface area (Å²) in [5.74, 6) is 0.700. The van der Waals surface area contributed by atoms with Crippen LogP contribution in [0.2, 0.25) is 0 Å². The summed E-state index contributed by atoms with van der Waals surface area (Å²) in [6, 6.07) is 0. The number of hydrogen-bond acceptors (Lipinski definition) is 2. The van der Waals surface area contributed by atoms with E-state index in [1.807, 2.05) is 6.33 Å². The third-order valence-corrected chi connectivity index (χ3v) is 3.67. The van der Waals surface area contributed by atoms with Crippen molar-refractivity contribution >= 4 is 0 Å². The first-order valence-corrected chi connectivity index (χ1v) is 6.79. The van der Waals surface area contributed by atoms with Gasteiger partial charge in [0.1, 0.15) is 0 Å². The van der Waals surface area contributed by atoms with Crippen molar-refractivity contribution in [2.45, 2.75) is 53.1 Å². The largest absolute Gasteiger partial charge is 0.337 e. The standard InChI is InChI=1S/C14H25N3/c1-12(2)7-15-8-13-9-17(11-16-13)10-14(3)5-4-6-14/h9,11-12,15H,4-8,10H2,1-3H3. The van der Waals surface area contributed by atoms with Crippen LogP contribution in [-0.2, 0) is 13.1 Å². The molecule has 17 heavy (non-hydrogen) atoms. The van der Waals surface area contributed by atoms with E-state index in [4.69, 9.17) is 0 Å². The number of aromatic nitrogens is 2. The third-order valence-electron chi connectivity index (χ3n) is 3.67. The van der Waals surface area contributed by atoms with Crippen molar-refractivity contribution in [3.05, 3.63) is 18.2 Å². The first-order chi connectivity index (χ1) is 8.07. The Kier molecular flexibility index (Phi) is 3.87. The monoisotopic (exact) mass is 235 g/mol. The van der Waals surface area contributed by atoms with Crippen molar-refractivity contribution in [1.82, 2.24) is 14.9 Å². The molecule has 0 spiro atoms. The van der Waals surface area contributed by atoms with Crippen LogP contribution in [0.1, 0.15) is 45.7 Å². The van der Waals surface area contributed by atoms with Gasteiger partial charge in [0.2, 0.25) is 0 Å². The molecule has 0 aromatic carbocycles. The summed E-state index contributed by atoms with van der Waals surface area (Å²) in [6.45, 7) is 9.91. The predicted molar refractivity (Wildman–Crippen MR) is 70.7 cm³/mol. The maximum atomic E-state index is 4.46. The van der Waals surface area contributed by atoms with Crippen molar-refractivity contribution in [3.63, 3.8) is 0 Å². The predicted octanol–water partition coefficient (Wildman–Crippen LogP) is 2.82. The molecule has 0 radical (unpaired) electrons. The highest BCUT2D eigenvalue weighted by atomic mass is 15.1. The van der Waals surface area contributed by atoms with Gasteiger partial charge in [-0.3, -0.25) is 0 Å². The minimum atomic E-state index is 0.531. The van der Waals surface area contributed by atoms with E-state index in [0.717, 1.165) is 25.3 Å². The Morgan fingerprint density at radius 2 is 2.24 bits per heavy atom. The normalized spacial score (nSPS) is 18.4. The zero-order chi connectivity index (χ0) is 12.3. The summed E-state index contributed by atoms with van der Waals surface area (Å²) < 4.78 is 2.26. The van der Waals surface area contributed by atoms with E-state index in [0.29, 0.717) is 11.3 Å². The molecule has 1 saturated carbocycles. The number of hydrogen-bond donors (Lipinski definition) is 1. The lowest BCUT2D eigenvalue weighted by molar-refractivity contribution is 0.132. The summed E-state index contributed by atoms with van der Waals surface area (Å²) in [5.41, 5.74) is 1.69. The fraction of sp³-hybridized carbons (Fsp3) is 0.786. The molecule has 3 heteroatoms. The zero-order valence-corrected chi connectivity index (χ0v) is 11.4. The van der Waals surface area contributed by atoms with Crippen molar-refractivity contribution in [3.8, 4) is 0 Å². The molecular formula is C14H25N3. The number of nitrogens with zero attached hydrogens (tertiary/aromatic N) is 2. The Labute approximate surface area is 105 Å². The van der Waals surface area contributed by atoms with Crippen LogP contribution in [0.5, 0.6) is 0 Å². The average molecular weight is 235 g/mol. The van der Waals surface area contributed by atoms with Gasteiger partial charge in [0.15, 0.2) is 0 Å². The van der Waals surface area contributed by atoms with Crippen molar-refractivity contribution < 1.29 is 0 Å². The van der Waals surface area contributed by atoms with Crippen molar-refractivity contribution in [2.24, 2.45) is 11.3 Å². The summed E-state index contributed by atoms with van der Waals surface area (Å²) >= 11 is 0. The Hall–Kier alpha value is -0.830. The molecule has 0 bridgehead atoms.